The molecule has 1 fully saturated rings. The van der Waals surface area contributed by atoms with E-state index in [9.17, 15) is 0 Å². The van der Waals surface area contributed by atoms with Gasteiger partial charge in [0.1, 0.15) is 0 Å². The molecule has 1 saturated heterocycles. The highest BCUT2D eigenvalue weighted by molar-refractivity contribution is 7.20. The van der Waals surface area contributed by atoms with Crippen LogP contribution in [0.4, 0.5) is 0 Å². The van der Waals surface area contributed by atoms with Gasteiger partial charge < -0.3 is 9.62 Å². The third-order valence-electron chi connectivity index (χ3n) is 3.02. The maximum atomic E-state index is 2.38. The summed E-state index contributed by atoms with van der Waals surface area (Å²) < 4.78 is 0. The predicted octanol–water partition coefficient (Wildman–Crippen LogP) is 0.965. The van der Waals surface area contributed by atoms with Crippen molar-refractivity contribution in [3.63, 3.8) is 0 Å². The predicted molar refractivity (Wildman–Crippen MR) is 57.7 cm³/mol. The van der Waals surface area contributed by atoms with Crippen LogP contribution in [0.5, 0.6) is 0 Å². The fraction of sp³-hybridized carbons (Fsp3) is 1.00. The highest BCUT2D eigenvalue weighted by Gasteiger charge is 2.21. The van der Waals surface area contributed by atoms with Gasteiger partial charge in [-0.3, -0.25) is 0 Å². The molecule has 1 heterocycles. The van der Waals surface area contributed by atoms with Gasteiger partial charge in [-0.05, 0) is 14.1 Å². The zero-order chi connectivity index (χ0) is 9.14. The van der Waals surface area contributed by atoms with Gasteiger partial charge in [-0.15, -0.1) is 0 Å². The largest absolute Gasteiger partial charge is 0.516 e. The Labute approximate surface area is 77.5 Å². The van der Waals surface area contributed by atoms with Gasteiger partial charge in [-0.1, -0.05) is 40.0 Å². The van der Waals surface area contributed by atoms with Crippen LogP contribution in [0.3, 0.4) is 0 Å². The molecule has 69 valence electrons. The van der Waals surface area contributed by atoms with E-state index in [1.807, 2.05) is 0 Å². The van der Waals surface area contributed by atoms with Gasteiger partial charge in [0.15, 0.2) is 0 Å². The maximum absolute atomic E-state index is 2.38. The Morgan fingerprint density at radius 2 is 1.75 bits per heavy atom. The van der Waals surface area contributed by atoms with Gasteiger partial charge in [0.05, 0.1) is 0 Å². The average molecular weight is 166 g/mol. The summed E-state index contributed by atoms with van der Waals surface area (Å²) in [5, 5.41) is 0. The summed E-state index contributed by atoms with van der Waals surface area (Å²) in [5.41, 5.74) is 0. The van der Waals surface area contributed by atoms with Crippen molar-refractivity contribution in [1.82, 2.24) is 9.62 Å². The molecule has 1 aliphatic heterocycles. The SMILES string of the molecule is CN(C)B1CCCC[B-]1N(C)C. The van der Waals surface area contributed by atoms with Crippen molar-refractivity contribution >= 4 is 13.5 Å². The van der Waals surface area contributed by atoms with Crippen LogP contribution in [0, 0.1) is 0 Å². The summed E-state index contributed by atoms with van der Waals surface area (Å²) in [5.74, 6) is 0. The summed E-state index contributed by atoms with van der Waals surface area (Å²) in [4.78, 5) is 4.76. The van der Waals surface area contributed by atoms with E-state index in [1.54, 1.807) is 0 Å². The Kier molecular flexibility index (Phi) is 3.66. The van der Waals surface area contributed by atoms with E-state index in [2.05, 4.69) is 37.8 Å². The highest BCUT2D eigenvalue weighted by atomic mass is 15.0. The molecule has 0 atom stereocenters. The molecule has 4 heteroatoms. The Balaban J connectivity index is 2.54. The van der Waals surface area contributed by atoms with E-state index in [4.69, 9.17) is 0 Å². The smallest absolute Gasteiger partial charge is 0.0332 e. The Bertz CT molecular complexity index is 123. The first-order valence-electron chi connectivity index (χ1n) is 4.96. The second kappa shape index (κ2) is 4.33. The number of hydrogen-bond donors (Lipinski definition) is 0. The van der Waals surface area contributed by atoms with Gasteiger partial charge >= 0.3 is 0 Å². The topological polar surface area (TPSA) is 6.48 Å². The van der Waals surface area contributed by atoms with Crippen LogP contribution >= 0.6 is 0 Å². The molecule has 2 nitrogen and oxygen atoms in total. The van der Waals surface area contributed by atoms with Crippen LogP contribution in [0.1, 0.15) is 12.8 Å². The zero-order valence-corrected chi connectivity index (χ0v) is 8.88. The van der Waals surface area contributed by atoms with Gasteiger partial charge in [-0.2, -0.15) is 6.32 Å². The minimum absolute atomic E-state index is 0.772. The van der Waals surface area contributed by atoms with Crippen LogP contribution < -0.4 is 0 Å². The van der Waals surface area contributed by atoms with Crippen LogP contribution in [-0.4, -0.2) is 51.3 Å². The quantitative estimate of drug-likeness (QED) is 0.563. The lowest BCUT2D eigenvalue weighted by molar-refractivity contribution is 0.596. The molecule has 0 spiro atoms. The second-order valence-electron chi connectivity index (χ2n) is 4.35. The number of hydrogen-bond acceptors (Lipinski definition) is 2. The molecule has 0 amide bonds. The lowest BCUT2D eigenvalue weighted by Crippen LogP contribution is -2.56. The molecule has 0 saturated carbocycles. The molecule has 0 bridgehead atoms. The molecule has 12 heavy (non-hydrogen) atoms. The molecular weight excluding hydrogens is 146 g/mol. The third-order valence-corrected chi connectivity index (χ3v) is 3.02. The average Bonchev–Trinajstić information content (AvgIpc) is 2.04. The van der Waals surface area contributed by atoms with Gasteiger partial charge in [0.25, 0.3) is 0 Å². The lowest BCUT2D eigenvalue weighted by Gasteiger charge is -2.47. The molecule has 1 rings (SSSR count). The first kappa shape index (κ1) is 10.1. The van der Waals surface area contributed by atoms with Crippen LogP contribution in [0.15, 0.2) is 0 Å². The summed E-state index contributed by atoms with van der Waals surface area (Å²) in [6.07, 6.45) is 5.56. The maximum Gasteiger partial charge on any atom is 0.0332 e. The molecule has 1 aliphatic rings. The van der Waals surface area contributed by atoms with E-state index in [0.717, 1.165) is 13.5 Å². The Morgan fingerprint density at radius 1 is 1.08 bits per heavy atom. The molecule has 0 N–H and O–H groups in total. The Hall–Kier alpha value is 0.0499. The molecule has 0 aromatic heterocycles. The van der Waals surface area contributed by atoms with Crippen molar-refractivity contribution in [2.75, 3.05) is 28.2 Å². The van der Waals surface area contributed by atoms with Gasteiger partial charge in [0, 0.05) is 6.74 Å². The van der Waals surface area contributed by atoms with Crippen molar-refractivity contribution in [2.45, 2.75) is 25.5 Å². The molecule has 1 radical (unpaired) electrons. The van der Waals surface area contributed by atoms with Gasteiger partial charge in [0.2, 0.25) is 0 Å². The third kappa shape index (κ3) is 2.27. The first-order chi connectivity index (χ1) is 5.63. The van der Waals surface area contributed by atoms with Crippen molar-refractivity contribution in [3.05, 3.63) is 0 Å². The monoisotopic (exact) mass is 166 g/mol. The van der Waals surface area contributed by atoms with Crippen molar-refractivity contribution in [3.8, 4) is 0 Å². The van der Waals surface area contributed by atoms with E-state index in [-0.39, 0.29) is 0 Å². The standard InChI is InChI=1S/C8H20B2N2/c1-11(2)9-7-5-6-8-10(9)12(3)4/h5-8H2,1-4H3/q-1. The molecule has 0 aliphatic carbocycles. The van der Waals surface area contributed by atoms with Crippen LogP contribution in [-0.2, 0) is 0 Å². The van der Waals surface area contributed by atoms with Crippen LogP contribution in [0.25, 0.3) is 0 Å². The minimum atomic E-state index is 0.772. The normalized spacial score (nSPS) is 21.0. The zero-order valence-electron chi connectivity index (χ0n) is 8.88. The fourth-order valence-corrected chi connectivity index (χ4v) is 2.30. The van der Waals surface area contributed by atoms with Crippen molar-refractivity contribution in [2.24, 2.45) is 0 Å². The van der Waals surface area contributed by atoms with Crippen molar-refractivity contribution < 1.29 is 0 Å². The summed E-state index contributed by atoms with van der Waals surface area (Å²) >= 11 is 0. The summed E-state index contributed by atoms with van der Waals surface area (Å²) in [7, 11) is 8.80. The summed E-state index contributed by atoms with van der Waals surface area (Å²) in [6, 6.07) is 0. The fourth-order valence-electron chi connectivity index (χ4n) is 2.30. The molecule has 0 aromatic rings. The van der Waals surface area contributed by atoms with E-state index < -0.39 is 0 Å². The van der Waals surface area contributed by atoms with E-state index in [1.165, 1.54) is 25.5 Å². The van der Waals surface area contributed by atoms with Crippen LogP contribution in [0.2, 0.25) is 12.6 Å². The van der Waals surface area contributed by atoms with Gasteiger partial charge in [-0.25, -0.2) is 0 Å². The Morgan fingerprint density at radius 3 is 2.17 bits per heavy atom. The number of nitrogens with zero attached hydrogens (tertiary/aromatic N) is 2. The molecule has 0 unspecified atom stereocenters. The minimum Gasteiger partial charge on any atom is -0.516 e. The van der Waals surface area contributed by atoms with E-state index >= 15 is 0 Å². The van der Waals surface area contributed by atoms with Crippen molar-refractivity contribution in [1.29, 1.82) is 0 Å². The second-order valence-corrected chi connectivity index (χ2v) is 4.35. The van der Waals surface area contributed by atoms with E-state index in [0.29, 0.717) is 0 Å². The summed E-state index contributed by atoms with van der Waals surface area (Å²) in [6.45, 7) is 1.54. The lowest BCUT2D eigenvalue weighted by atomic mass is 9.14. The highest BCUT2D eigenvalue weighted by Crippen LogP contribution is 2.20. The number of rotatable bonds is 2. The first-order valence-corrected chi connectivity index (χ1v) is 4.96. The molecular formula is C8H20B2N2-. The molecule has 0 aromatic carbocycles.